The molecule has 1 atom stereocenters. The molecule has 2 aliphatic rings. The average molecular weight is 241 g/mol. The zero-order chi connectivity index (χ0) is 12.0. The van der Waals surface area contributed by atoms with E-state index in [2.05, 4.69) is 5.32 Å². The summed E-state index contributed by atoms with van der Waals surface area (Å²) in [4.78, 5) is 0. The molecule has 0 aromatic rings. The summed E-state index contributed by atoms with van der Waals surface area (Å²) in [5.41, 5.74) is 0.0365. The van der Waals surface area contributed by atoms with Crippen molar-refractivity contribution in [2.45, 2.75) is 69.4 Å². The van der Waals surface area contributed by atoms with Gasteiger partial charge in [-0.3, -0.25) is 0 Å². The van der Waals surface area contributed by atoms with Crippen molar-refractivity contribution in [3.05, 3.63) is 0 Å². The van der Waals surface area contributed by atoms with E-state index >= 15 is 0 Å². The SMILES string of the molecule is OCC1(NCCCC2CCCO2)CCCCC1. The predicted octanol–water partition coefficient (Wildman–Crippen LogP) is 2.23. The summed E-state index contributed by atoms with van der Waals surface area (Å²) in [6, 6.07) is 0. The first-order valence-electron chi connectivity index (χ1n) is 7.32. The summed E-state index contributed by atoms with van der Waals surface area (Å²) >= 11 is 0. The molecule has 0 bridgehead atoms. The highest BCUT2D eigenvalue weighted by molar-refractivity contribution is 4.90. The van der Waals surface area contributed by atoms with Gasteiger partial charge in [0.1, 0.15) is 0 Å². The first-order chi connectivity index (χ1) is 8.35. The van der Waals surface area contributed by atoms with Gasteiger partial charge in [-0.2, -0.15) is 0 Å². The lowest BCUT2D eigenvalue weighted by Crippen LogP contribution is -2.50. The molecule has 1 aliphatic carbocycles. The molecule has 100 valence electrons. The first kappa shape index (κ1) is 13.3. The maximum Gasteiger partial charge on any atom is 0.0613 e. The Morgan fingerprint density at radius 1 is 1.18 bits per heavy atom. The number of aliphatic hydroxyl groups excluding tert-OH is 1. The van der Waals surface area contributed by atoms with E-state index in [0.717, 1.165) is 26.0 Å². The van der Waals surface area contributed by atoms with Crippen molar-refractivity contribution in [2.24, 2.45) is 0 Å². The van der Waals surface area contributed by atoms with Gasteiger partial charge in [0.05, 0.1) is 12.7 Å². The van der Waals surface area contributed by atoms with Crippen LogP contribution in [0.4, 0.5) is 0 Å². The van der Waals surface area contributed by atoms with Crippen LogP contribution in [0.25, 0.3) is 0 Å². The third-order valence-electron chi connectivity index (χ3n) is 4.34. The van der Waals surface area contributed by atoms with Gasteiger partial charge in [-0.25, -0.2) is 0 Å². The Balaban J connectivity index is 1.61. The van der Waals surface area contributed by atoms with Gasteiger partial charge in [0.15, 0.2) is 0 Å². The van der Waals surface area contributed by atoms with E-state index in [1.54, 1.807) is 0 Å². The zero-order valence-electron chi connectivity index (χ0n) is 10.9. The fraction of sp³-hybridized carbons (Fsp3) is 1.00. The Bertz CT molecular complexity index is 208. The minimum absolute atomic E-state index is 0.0365. The Morgan fingerprint density at radius 2 is 2.00 bits per heavy atom. The molecule has 0 amide bonds. The van der Waals surface area contributed by atoms with Gasteiger partial charge < -0.3 is 15.2 Å². The minimum Gasteiger partial charge on any atom is -0.394 e. The number of rotatable bonds is 6. The molecule has 1 heterocycles. The van der Waals surface area contributed by atoms with Crippen molar-refractivity contribution in [1.29, 1.82) is 0 Å². The Kier molecular flexibility index (Phi) is 5.26. The lowest BCUT2D eigenvalue weighted by molar-refractivity contribution is 0.0964. The normalized spacial score (nSPS) is 28.4. The zero-order valence-corrected chi connectivity index (χ0v) is 10.9. The van der Waals surface area contributed by atoms with Crippen LogP contribution in [0.3, 0.4) is 0 Å². The Labute approximate surface area is 105 Å². The van der Waals surface area contributed by atoms with Crippen LogP contribution in [0.5, 0.6) is 0 Å². The van der Waals surface area contributed by atoms with Crippen LogP contribution in [0, 0.1) is 0 Å². The van der Waals surface area contributed by atoms with Crippen molar-refractivity contribution in [3.63, 3.8) is 0 Å². The maximum atomic E-state index is 9.57. The lowest BCUT2D eigenvalue weighted by Gasteiger charge is -2.36. The second-order valence-electron chi connectivity index (χ2n) is 5.70. The molecule has 3 nitrogen and oxygen atoms in total. The summed E-state index contributed by atoms with van der Waals surface area (Å²) in [5.74, 6) is 0. The molecule has 2 N–H and O–H groups in total. The first-order valence-corrected chi connectivity index (χ1v) is 7.32. The molecule has 1 saturated heterocycles. The molecule has 0 radical (unpaired) electrons. The van der Waals surface area contributed by atoms with E-state index in [1.807, 2.05) is 0 Å². The molecule has 2 rings (SSSR count). The van der Waals surface area contributed by atoms with Gasteiger partial charge in [0, 0.05) is 12.1 Å². The van der Waals surface area contributed by atoms with Crippen LogP contribution in [0.15, 0.2) is 0 Å². The van der Waals surface area contributed by atoms with Crippen molar-refractivity contribution in [2.75, 3.05) is 19.8 Å². The van der Waals surface area contributed by atoms with E-state index in [0.29, 0.717) is 12.7 Å². The standard InChI is InChI=1S/C14H27NO2/c16-12-14(8-2-1-3-9-14)15-10-4-6-13-7-5-11-17-13/h13,15-16H,1-12H2. The summed E-state index contributed by atoms with van der Waals surface area (Å²) in [7, 11) is 0. The number of hydrogen-bond donors (Lipinski definition) is 2. The second kappa shape index (κ2) is 6.72. The fourth-order valence-electron chi connectivity index (χ4n) is 3.17. The summed E-state index contributed by atoms with van der Waals surface area (Å²) in [6.07, 6.45) is 11.5. The Hall–Kier alpha value is -0.120. The van der Waals surface area contributed by atoms with Gasteiger partial charge in [0.2, 0.25) is 0 Å². The minimum atomic E-state index is 0.0365. The molecule has 2 fully saturated rings. The highest BCUT2D eigenvalue weighted by atomic mass is 16.5. The molecule has 1 aliphatic heterocycles. The van der Waals surface area contributed by atoms with Gasteiger partial charge in [-0.05, 0) is 45.1 Å². The van der Waals surface area contributed by atoms with Crippen LogP contribution in [-0.2, 0) is 4.74 Å². The highest BCUT2D eigenvalue weighted by Crippen LogP contribution is 2.27. The van der Waals surface area contributed by atoms with Crippen molar-refractivity contribution < 1.29 is 9.84 Å². The van der Waals surface area contributed by atoms with Crippen LogP contribution in [-0.4, -0.2) is 36.5 Å². The third kappa shape index (κ3) is 3.94. The molecule has 0 spiro atoms. The average Bonchev–Trinajstić information content (AvgIpc) is 2.89. The third-order valence-corrected chi connectivity index (χ3v) is 4.34. The number of aliphatic hydroxyl groups is 1. The molecule has 0 aromatic heterocycles. The quantitative estimate of drug-likeness (QED) is 0.701. The van der Waals surface area contributed by atoms with E-state index in [4.69, 9.17) is 4.74 Å². The molecule has 1 saturated carbocycles. The monoisotopic (exact) mass is 241 g/mol. The number of ether oxygens (including phenoxy) is 1. The number of hydrogen-bond acceptors (Lipinski definition) is 3. The molecule has 17 heavy (non-hydrogen) atoms. The predicted molar refractivity (Wildman–Crippen MR) is 69.1 cm³/mol. The van der Waals surface area contributed by atoms with Gasteiger partial charge in [-0.1, -0.05) is 19.3 Å². The van der Waals surface area contributed by atoms with Crippen LogP contribution in [0.2, 0.25) is 0 Å². The summed E-state index contributed by atoms with van der Waals surface area (Å²) < 4.78 is 5.62. The Morgan fingerprint density at radius 3 is 2.65 bits per heavy atom. The van der Waals surface area contributed by atoms with E-state index in [9.17, 15) is 5.11 Å². The highest BCUT2D eigenvalue weighted by Gasteiger charge is 2.30. The summed E-state index contributed by atoms with van der Waals surface area (Å²) in [6.45, 7) is 2.28. The largest absolute Gasteiger partial charge is 0.394 e. The van der Waals surface area contributed by atoms with Crippen molar-refractivity contribution in [1.82, 2.24) is 5.32 Å². The van der Waals surface area contributed by atoms with E-state index in [1.165, 1.54) is 44.9 Å². The molecule has 0 aromatic carbocycles. The summed E-state index contributed by atoms with van der Waals surface area (Å²) in [5, 5.41) is 13.2. The van der Waals surface area contributed by atoms with Gasteiger partial charge in [-0.15, -0.1) is 0 Å². The van der Waals surface area contributed by atoms with Crippen LogP contribution in [0.1, 0.15) is 57.8 Å². The van der Waals surface area contributed by atoms with E-state index < -0.39 is 0 Å². The van der Waals surface area contributed by atoms with E-state index in [-0.39, 0.29) is 5.54 Å². The molecular weight excluding hydrogens is 214 g/mol. The number of nitrogens with one attached hydrogen (secondary N) is 1. The fourth-order valence-corrected chi connectivity index (χ4v) is 3.17. The van der Waals surface area contributed by atoms with Crippen LogP contribution >= 0.6 is 0 Å². The topological polar surface area (TPSA) is 41.5 Å². The smallest absolute Gasteiger partial charge is 0.0613 e. The molecular formula is C14H27NO2. The molecule has 1 unspecified atom stereocenters. The van der Waals surface area contributed by atoms with Crippen LogP contribution < -0.4 is 5.32 Å². The second-order valence-corrected chi connectivity index (χ2v) is 5.70. The van der Waals surface area contributed by atoms with Gasteiger partial charge >= 0.3 is 0 Å². The lowest BCUT2D eigenvalue weighted by atomic mass is 9.82. The maximum absolute atomic E-state index is 9.57. The van der Waals surface area contributed by atoms with Gasteiger partial charge in [0.25, 0.3) is 0 Å². The van der Waals surface area contributed by atoms with Crippen molar-refractivity contribution in [3.8, 4) is 0 Å². The molecule has 3 heteroatoms. The van der Waals surface area contributed by atoms with Crippen molar-refractivity contribution >= 4 is 0 Å².